The van der Waals surface area contributed by atoms with Crippen LogP contribution in [-0.2, 0) is 16.0 Å². The van der Waals surface area contributed by atoms with E-state index >= 15 is 0 Å². The summed E-state index contributed by atoms with van der Waals surface area (Å²) in [7, 11) is 1.49. The molecule has 2 aromatic rings. The van der Waals surface area contributed by atoms with E-state index in [1.54, 1.807) is 0 Å². The first-order valence-corrected chi connectivity index (χ1v) is 7.76. The Morgan fingerprint density at radius 1 is 1.32 bits per heavy atom. The third-order valence-corrected chi connectivity index (χ3v) is 4.45. The number of hydrogen-bond acceptors (Lipinski definition) is 4. The van der Waals surface area contributed by atoms with Gasteiger partial charge < -0.3 is 10.0 Å². The number of nitrogens with zero attached hydrogens (tertiary/aromatic N) is 2. The molecule has 0 radical (unpaired) electrons. The SMILES string of the molecule is Cc1ccc(-c2nc(CC(=O)N(C)C(C)C(=O)O)cs2)cc1. The molecular formula is C16H18N2O3S. The van der Waals surface area contributed by atoms with Gasteiger partial charge in [0.15, 0.2) is 0 Å². The Kier molecular flexibility index (Phi) is 4.92. The predicted molar refractivity (Wildman–Crippen MR) is 85.9 cm³/mol. The summed E-state index contributed by atoms with van der Waals surface area (Å²) in [6.45, 7) is 3.51. The van der Waals surface area contributed by atoms with Crippen molar-refractivity contribution in [3.63, 3.8) is 0 Å². The number of carbonyl (C=O) groups excluding carboxylic acids is 1. The van der Waals surface area contributed by atoms with Gasteiger partial charge >= 0.3 is 5.97 Å². The zero-order valence-electron chi connectivity index (χ0n) is 12.7. The molecule has 0 aliphatic carbocycles. The number of carbonyl (C=O) groups is 2. The first-order chi connectivity index (χ1) is 10.4. The number of aliphatic carboxylic acids is 1. The van der Waals surface area contributed by atoms with Gasteiger partial charge in [0.05, 0.1) is 12.1 Å². The molecule has 6 heteroatoms. The molecule has 1 amide bonds. The smallest absolute Gasteiger partial charge is 0.326 e. The van der Waals surface area contributed by atoms with Crippen LogP contribution in [0.2, 0.25) is 0 Å². The van der Waals surface area contributed by atoms with Crippen LogP contribution in [0.3, 0.4) is 0 Å². The van der Waals surface area contributed by atoms with Crippen molar-refractivity contribution in [3.05, 3.63) is 40.9 Å². The van der Waals surface area contributed by atoms with Crippen molar-refractivity contribution in [2.75, 3.05) is 7.05 Å². The summed E-state index contributed by atoms with van der Waals surface area (Å²) >= 11 is 1.48. The Balaban J connectivity index is 2.07. The van der Waals surface area contributed by atoms with E-state index in [1.165, 1.54) is 35.8 Å². The Morgan fingerprint density at radius 3 is 2.55 bits per heavy atom. The fraction of sp³-hybridized carbons (Fsp3) is 0.312. The molecule has 1 N–H and O–H groups in total. The molecule has 22 heavy (non-hydrogen) atoms. The average molecular weight is 318 g/mol. The Hall–Kier alpha value is -2.21. The second-order valence-electron chi connectivity index (χ2n) is 5.21. The summed E-state index contributed by atoms with van der Waals surface area (Å²) in [5.74, 6) is -1.27. The molecule has 0 aliphatic rings. The lowest BCUT2D eigenvalue weighted by atomic mass is 10.2. The molecule has 1 atom stereocenters. The number of aromatic nitrogens is 1. The Morgan fingerprint density at radius 2 is 1.95 bits per heavy atom. The molecule has 1 heterocycles. The van der Waals surface area contributed by atoms with Gasteiger partial charge in [0.1, 0.15) is 11.0 Å². The third kappa shape index (κ3) is 3.71. The van der Waals surface area contributed by atoms with Crippen molar-refractivity contribution in [3.8, 4) is 10.6 Å². The van der Waals surface area contributed by atoms with Crippen LogP contribution in [-0.4, -0.2) is 40.0 Å². The fourth-order valence-corrected chi connectivity index (χ4v) is 2.70. The lowest BCUT2D eigenvalue weighted by Crippen LogP contribution is -2.41. The minimum Gasteiger partial charge on any atom is -0.480 e. The summed E-state index contributed by atoms with van der Waals surface area (Å²) in [5.41, 5.74) is 2.86. The molecule has 1 aromatic heterocycles. The molecule has 5 nitrogen and oxygen atoms in total. The van der Waals surface area contributed by atoms with E-state index in [2.05, 4.69) is 4.98 Å². The summed E-state index contributed by atoms with van der Waals surface area (Å²) < 4.78 is 0. The van der Waals surface area contributed by atoms with Crippen molar-refractivity contribution in [2.24, 2.45) is 0 Å². The highest BCUT2D eigenvalue weighted by molar-refractivity contribution is 7.13. The summed E-state index contributed by atoms with van der Waals surface area (Å²) in [5, 5.41) is 11.6. The van der Waals surface area contributed by atoms with E-state index in [0.717, 1.165) is 10.6 Å². The summed E-state index contributed by atoms with van der Waals surface area (Å²) in [6, 6.07) is 7.19. The van der Waals surface area contributed by atoms with Crippen LogP contribution in [0.1, 0.15) is 18.2 Å². The van der Waals surface area contributed by atoms with E-state index in [1.807, 2.05) is 36.6 Å². The van der Waals surface area contributed by atoms with Gasteiger partial charge in [0.2, 0.25) is 5.91 Å². The molecule has 0 saturated heterocycles. The zero-order chi connectivity index (χ0) is 16.3. The Labute approximate surface area is 133 Å². The first kappa shape index (κ1) is 16.2. The minimum absolute atomic E-state index is 0.108. The average Bonchev–Trinajstić information content (AvgIpc) is 2.94. The number of carboxylic acids is 1. The molecule has 0 saturated carbocycles. The largest absolute Gasteiger partial charge is 0.480 e. The second kappa shape index (κ2) is 6.70. The first-order valence-electron chi connectivity index (χ1n) is 6.88. The third-order valence-electron chi connectivity index (χ3n) is 3.51. The van der Waals surface area contributed by atoms with E-state index < -0.39 is 12.0 Å². The number of thiazole rings is 1. The molecule has 2 rings (SSSR count). The zero-order valence-corrected chi connectivity index (χ0v) is 13.6. The maximum absolute atomic E-state index is 12.1. The van der Waals surface area contributed by atoms with Crippen molar-refractivity contribution in [1.29, 1.82) is 0 Å². The van der Waals surface area contributed by atoms with Gasteiger partial charge in [-0.25, -0.2) is 9.78 Å². The van der Waals surface area contributed by atoms with Crippen LogP contribution >= 0.6 is 11.3 Å². The van der Waals surface area contributed by atoms with Crippen molar-refractivity contribution in [1.82, 2.24) is 9.88 Å². The molecular weight excluding hydrogens is 300 g/mol. The summed E-state index contributed by atoms with van der Waals surface area (Å²) in [6.07, 6.45) is 0.108. The van der Waals surface area contributed by atoms with Gasteiger partial charge in [-0.05, 0) is 13.8 Å². The lowest BCUT2D eigenvalue weighted by Gasteiger charge is -2.20. The fourth-order valence-electron chi connectivity index (χ4n) is 1.88. The van der Waals surface area contributed by atoms with Crippen LogP contribution in [0.15, 0.2) is 29.6 Å². The number of likely N-dealkylation sites (N-methyl/N-ethyl adjacent to an activating group) is 1. The van der Waals surface area contributed by atoms with Crippen molar-refractivity contribution in [2.45, 2.75) is 26.3 Å². The number of carboxylic acid groups (broad SMARTS) is 1. The van der Waals surface area contributed by atoms with Gasteiger partial charge in [0, 0.05) is 18.0 Å². The molecule has 1 aromatic carbocycles. The number of hydrogen-bond donors (Lipinski definition) is 1. The molecule has 0 spiro atoms. The van der Waals surface area contributed by atoms with E-state index in [9.17, 15) is 9.59 Å². The lowest BCUT2D eigenvalue weighted by molar-refractivity contribution is -0.148. The number of benzene rings is 1. The van der Waals surface area contributed by atoms with Crippen LogP contribution in [0.4, 0.5) is 0 Å². The number of rotatable bonds is 5. The molecule has 0 bridgehead atoms. The normalized spacial score (nSPS) is 12.0. The number of amides is 1. The van der Waals surface area contributed by atoms with Crippen molar-refractivity contribution < 1.29 is 14.7 Å². The second-order valence-corrected chi connectivity index (χ2v) is 6.06. The van der Waals surface area contributed by atoms with E-state index in [0.29, 0.717) is 5.69 Å². The molecule has 1 unspecified atom stereocenters. The number of aryl methyl sites for hydroxylation is 1. The monoisotopic (exact) mass is 318 g/mol. The highest BCUT2D eigenvalue weighted by Gasteiger charge is 2.22. The Bertz CT molecular complexity index is 679. The van der Waals surface area contributed by atoms with E-state index in [4.69, 9.17) is 5.11 Å². The minimum atomic E-state index is -1.02. The molecule has 0 aliphatic heterocycles. The van der Waals surface area contributed by atoms with Crippen LogP contribution in [0.25, 0.3) is 10.6 Å². The molecule has 0 fully saturated rings. The van der Waals surface area contributed by atoms with Gasteiger partial charge in [-0.3, -0.25) is 4.79 Å². The summed E-state index contributed by atoms with van der Waals surface area (Å²) in [4.78, 5) is 28.7. The predicted octanol–water partition coefficient (Wildman–Crippen LogP) is 2.59. The van der Waals surface area contributed by atoms with Gasteiger partial charge in [0.25, 0.3) is 0 Å². The quantitative estimate of drug-likeness (QED) is 0.920. The van der Waals surface area contributed by atoms with E-state index in [-0.39, 0.29) is 12.3 Å². The van der Waals surface area contributed by atoms with Gasteiger partial charge in [-0.1, -0.05) is 29.8 Å². The molecule has 116 valence electrons. The van der Waals surface area contributed by atoms with Crippen LogP contribution in [0.5, 0.6) is 0 Å². The standard InChI is InChI=1S/C16H18N2O3S/c1-10-4-6-12(7-5-10)15-17-13(9-22-15)8-14(19)18(3)11(2)16(20)21/h4-7,9,11H,8H2,1-3H3,(H,20,21). The maximum atomic E-state index is 12.1. The van der Waals surface area contributed by atoms with Crippen LogP contribution in [0, 0.1) is 6.92 Å². The van der Waals surface area contributed by atoms with Gasteiger partial charge in [-0.15, -0.1) is 11.3 Å². The maximum Gasteiger partial charge on any atom is 0.326 e. The van der Waals surface area contributed by atoms with Gasteiger partial charge in [-0.2, -0.15) is 0 Å². The van der Waals surface area contributed by atoms with Crippen LogP contribution < -0.4 is 0 Å². The van der Waals surface area contributed by atoms with Crippen molar-refractivity contribution >= 4 is 23.2 Å². The highest BCUT2D eigenvalue weighted by Crippen LogP contribution is 2.24. The highest BCUT2D eigenvalue weighted by atomic mass is 32.1. The topological polar surface area (TPSA) is 70.5 Å².